The van der Waals surface area contributed by atoms with E-state index in [4.69, 9.17) is 21.4 Å². The Bertz CT molecular complexity index is 1190. The van der Waals surface area contributed by atoms with Gasteiger partial charge in [-0.05, 0) is 57.6 Å². The van der Waals surface area contributed by atoms with Crippen LogP contribution in [0, 0.1) is 5.82 Å². The second-order valence-electron chi connectivity index (χ2n) is 7.86. The standard InChI is InChI=1S/C25H29ClFN5O3/c1-3-35-23-15-21-18(25(29-16-28-21)30-17-8-9-20(27)19(26)13-17)14-22(23)31-24(34)7-6-11-32(2)10-4-5-12-33/h6-9,13-16,33H,3-5,10-12H2,1-2H3,(H,31,34)(H,28,29,30)/b7-6+. The van der Waals surface area contributed by atoms with Crippen molar-refractivity contribution in [1.82, 2.24) is 14.9 Å². The summed E-state index contributed by atoms with van der Waals surface area (Å²) >= 11 is 5.90. The molecule has 186 valence electrons. The van der Waals surface area contributed by atoms with Crippen molar-refractivity contribution in [3.8, 4) is 5.75 Å². The maximum absolute atomic E-state index is 13.5. The summed E-state index contributed by atoms with van der Waals surface area (Å²) in [6.07, 6.45) is 6.31. The maximum atomic E-state index is 13.5. The highest BCUT2D eigenvalue weighted by atomic mass is 35.5. The SMILES string of the molecule is CCOc1cc2ncnc(Nc3ccc(F)c(Cl)c3)c2cc1NC(=O)/C=C/CN(C)CCCCO. The predicted molar refractivity (Wildman–Crippen MR) is 137 cm³/mol. The van der Waals surface area contributed by atoms with E-state index in [1.165, 1.54) is 24.5 Å². The molecule has 0 aliphatic carbocycles. The summed E-state index contributed by atoms with van der Waals surface area (Å²) in [7, 11) is 1.96. The Morgan fingerprint density at radius 2 is 2.09 bits per heavy atom. The molecule has 35 heavy (non-hydrogen) atoms. The van der Waals surface area contributed by atoms with Crippen LogP contribution in [0.1, 0.15) is 19.8 Å². The zero-order valence-electron chi connectivity index (χ0n) is 19.7. The van der Waals surface area contributed by atoms with Gasteiger partial charge in [0.2, 0.25) is 5.91 Å². The maximum Gasteiger partial charge on any atom is 0.248 e. The lowest BCUT2D eigenvalue weighted by Crippen LogP contribution is -2.20. The van der Waals surface area contributed by atoms with Crippen LogP contribution in [-0.4, -0.2) is 59.2 Å². The van der Waals surface area contributed by atoms with Gasteiger partial charge in [0.25, 0.3) is 0 Å². The average molecular weight is 502 g/mol. The molecule has 0 bridgehead atoms. The summed E-state index contributed by atoms with van der Waals surface area (Å²) in [4.78, 5) is 23.3. The zero-order chi connectivity index (χ0) is 25.2. The monoisotopic (exact) mass is 501 g/mol. The molecule has 8 nitrogen and oxygen atoms in total. The highest BCUT2D eigenvalue weighted by Gasteiger charge is 2.13. The van der Waals surface area contributed by atoms with Crippen molar-refractivity contribution in [2.45, 2.75) is 19.8 Å². The van der Waals surface area contributed by atoms with Crippen molar-refractivity contribution in [2.75, 3.05) is 44.0 Å². The first kappa shape index (κ1) is 26.3. The highest BCUT2D eigenvalue weighted by Crippen LogP contribution is 2.33. The summed E-state index contributed by atoms with van der Waals surface area (Å²) < 4.78 is 19.3. The van der Waals surface area contributed by atoms with Crippen LogP contribution >= 0.6 is 11.6 Å². The summed E-state index contributed by atoms with van der Waals surface area (Å²) in [6.45, 7) is 3.89. The van der Waals surface area contributed by atoms with E-state index in [9.17, 15) is 9.18 Å². The third kappa shape index (κ3) is 7.61. The van der Waals surface area contributed by atoms with Crippen molar-refractivity contribution in [3.63, 3.8) is 0 Å². The number of aliphatic hydroxyl groups is 1. The molecule has 10 heteroatoms. The third-order valence-electron chi connectivity index (χ3n) is 5.11. The molecule has 3 N–H and O–H groups in total. The number of halogens is 2. The predicted octanol–water partition coefficient (Wildman–Crippen LogP) is 4.76. The summed E-state index contributed by atoms with van der Waals surface area (Å²) in [6, 6.07) is 7.76. The largest absolute Gasteiger partial charge is 0.492 e. The molecule has 0 aliphatic heterocycles. The second-order valence-corrected chi connectivity index (χ2v) is 8.27. The molecule has 0 aliphatic rings. The number of likely N-dealkylation sites (N-methyl/N-ethyl adjacent to an activating group) is 1. The lowest BCUT2D eigenvalue weighted by Gasteiger charge is -2.15. The van der Waals surface area contributed by atoms with Crippen LogP contribution in [0.25, 0.3) is 10.9 Å². The molecule has 3 aromatic rings. The van der Waals surface area contributed by atoms with Crippen LogP contribution in [-0.2, 0) is 4.79 Å². The molecular weight excluding hydrogens is 473 g/mol. The molecule has 0 saturated carbocycles. The topological polar surface area (TPSA) is 99.6 Å². The third-order valence-corrected chi connectivity index (χ3v) is 5.40. The zero-order valence-corrected chi connectivity index (χ0v) is 20.5. The molecule has 0 fully saturated rings. The van der Waals surface area contributed by atoms with Crippen molar-refractivity contribution in [1.29, 1.82) is 0 Å². The number of amides is 1. The lowest BCUT2D eigenvalue weighted by atomic mass is 10.1. The molecule has 2 aromatic carbocycles. The number of rotatable bonds is 12. The molecule has 0 atom stereocenters. The Labute approximate surface area is 208 Å². The number of hydrogen-bond acceptors (Lipinski definition) is 7. The van der Waals surface area contributed by atoms with E-state index in [0.717, 1.165) is 19.4 Å². The van der Waals surface area contributed by atoms with Crippen LogP contribution < -0.4 is 15.4 Å². The van der Waals surface area contributed by atoms with Crippen LogP contribution in [0.2, 0.25) is 5.02 Å². The minimum atomic E-state index is -0.513. The van der Waals surface area contributed by atoms with E-state index in [2.05, 4.69) is 25.5 Å². The normalized spacial score (nSPS) is 11.4. The van der Waals surface area contributed by atoms with Gasteiger partial charge < -0.3 is 25.4 Å². The number of carbonyl (C=O) groups is 1. The van der Waals surface area contributed by atoms with Gasteiger partial charge in [0.15, 0.2) is 0 Å². The van der Waals surface area contributed by atoms with Gasteiger partial charge in [-0.3, -0.25) is 4.79 Å². The molecule has 0 saturated heterocycles. The molecule has 0 unspecified atom stereocenters. The fourth-order valence-corrected chi connectivity index (χ4v) is 3.55. The van der Waals surface area contributed by atoms with Crippen LogP contribution in [0.5, 0.6) is 5.75 Å². The van der Waals surface area contributed by atoms with Gasteiger partial charge >= 0.3 is 0 Å². The van der Waals surface area contributed by atoms with Crippen LogP contribution in [0.15, 0.2) is 48.8 Å². The molecule has 0 radical (unpaired) electrons. The van der Waals surface area contributed by atoms with Crippen molar-refractivity contribution in [3.05, 3.63) is 59.7 Å². The molecular formula is C25H29ClFN5O3. The fraction of sp³-hybridized carbons (Fsp3) is 0.320. The van der Waals surface area contributed by atoms with Gasteiger partial charge in [-0.15, -0.1) is 0 Å². The van der Waals surface area contributed by atoms with E-state index in [0.29, 0.717) is 47.0 Å². The molecule has 1 aromatic heterocycles. The van der Waals surface area contributed by atoms with Gasteiger partial charge in [0.1, 0.15) is 23.7 Å². The summed E-state index contributed by atoms with van der Waals surface area (Å²) in [5, 5.41) is 15.5. The molecule has 0 spiro atoms. The van der Waals surface area contributed by atoms with Crippen molar-refractivity contribution in [2.24, 2.45) is 0 Å². The Hall–Kier alpha value is -3.27. The van der Waals surface area contributed by atoms with E-state index in [1.54, 1.807) is 24.3 Å². The molecule has 1 amide bonds. The fourth-order valence-electron chi connectivity index (χ4n) is 3.37. The van der Waals surface area contributed by atoms with E-state index in [-0.39, 0.29) is 17.5 Å². The number of unbranched alkanes of at least 4 members (excludes halogenated alkanes) is 1. The number of aromatic nitrogens is 2. The minimum absolute atomic E-state index is 0.00854. The second kappa shape index (κ2) is 13.0. The number of ether oxygens (including phenoxy) is 1. The van der Waals surface area contributed by atoms with Crippen LogP contribution in [0.4, 0.5) is 21.6 Å². The van der Waals surface area contributed by atoms with Gasteiger partial charge in [-0.1, -0.05) is 17.7 Å². The first-order valence-corrected chi connectivity index (χ1v) is 11.7. The smallest absolute Gasteiger partial charge is 0.248 e. The molecule has 1 heterocycles. The van der Waals surface area contributed by atoms with Gasteiger partial charge in [0.05, 0.1) is 22.8 Å². The number of fused-ring (bicyclic) bond motifs is 1. The number of carbonyl (C=O) groups excluding carboxylic acids is 1. The quantitative estimate of drug-likeness (QED) is 0.243. The lowest BCUT2D eigenvalue weighted by molar-refractivity contribution is -0.111. The number of aliphatic hydroxyl groups excluding tert-OH is 1. The molecule has 3 rings (SSSR count). The van der Waals surface area contributed by atoms with Crippen molar-refractivity contribution < 1.29 is 19.0 Å². The number of nitrogens with one attached hydrogen (secondary N) is 2. The number of nitrogens with zero attached hydrogens (tertiary/aromatic N) is 3. The van der Waals surface area contributed by atoms with Gasteiger partial charge in [-0.2, -0.15) is 0 Å². The number of benzene rings is 2. The Balaban J connectivity index is 1.80. The number of anilines is 3. The van der Waals surface area contributed by atoms with Gasteiger partial charge in [-0.25, -0.2) is 14.4 Å². The first-order valence-electron chi connectivity index (χ1n) is 11.3. The van der Waals surface area contributed by atoms with Crippen molar-refractivity contribution >= 4 is 45.6 Å². The first-order chi connectivity index (χ1) is 16.9. The highest BCUT2D eigenvalue weighted by molar-refractivity contribution is 6.31. The Morgan fingerprint density at radius 3 is 2.83 bits per heavy atom. The average Bonchev–Trinajstić information content (AvgIpc) is 2.82. The van der Waals surface area contributed by atoms with E-state index in [1.807, 2.05) is 14.0 Å². The van der Waals surface area contributed by atoms with E-state index < -0.39 is 5.82 Å². The van der Waals surface area contributed by atoms with Gasteiger partial charge in [0, 0.05) is 36.4 Å². The van der Waals surface area contributed by atoms with E-state index >= 15 is 0 Å². The minimum Gasteiger partial charge on any atom is -0.492 e. The summed E-state index contributed by atoms with van der Waals surface area (Å²) in [5.41, 5.74) is 1.64. The van der Waals surface area contributed by atoms with Crippen LogP contribution in [0.3, 0.4) is 0 Å². The summed E-state index contributed by atoms with van der Waals surface area (Å²) in [5.74, 6) is 0.139. The Kier molecular flexibility index (Phi) is 9.77. The Morgan fingerprint density at radius 1 is 1.26 bits per heavy atom. The number of hydrogen-bond donors (Lipinski definition) is 3.